The Bertz CT molecular complexity index is 914. The average Bonchev–Trinajstić information content (AvgIpc) is 2.84. The summed E-state index contributed by atoms with van der Waals surface area (Å²) < 4.78 is 0. The SMILES string of the molecule is Bc1cc(C(=O)N=NN)c2[nH]c3cc(N(C)C)ccc3c2n1. The van der Waals surface area contributed by atoms with E-state index in [1.165, 1.54) is 0 Å². The van der Waals surface area contributed by atoms with Crippen molar-refractivity contribution in [3.63, 3.8) is 0 Å². The largest absolute Gasteiger partial charge is 0.378 e. The maximum atomic E-state index is 12.1. The van der Waals surface area contributed by atoms with E-state index in [1.54, 1.807) is 6.07 Å². The monoisotopic (exact) mass is 294 g/mol. The maximum Gasteiger partial charge on any atom is 0.299 e. The molecule has 0 spiro atoms. The van der Waals surface area contributed by atoms with Crippen molar-refractivity contribution in [1.29, 1.82) is 0 Å². The van der Waals surface area contributed by atoms with E-state index in [4.69, 9.17) is 5.84 Å². The molecular formula is C14H15BN6O. The highest BCUT2D eigenvalue weighted by Gasteiger charge is 2.16. The van der Waals surface area contributed by atoms with Crippen molar-refractivity contribution in [3.8, 4) is 0 Å². The zero-order valence-corrected chi connectivity index (χ0v) is 12.6. The number of carbonyl (C=O) groups excluding carboxylic acids is 1. The van der Waals surface area contributed by atoms with Crippen molar-refractivity contribution in [2.45, 2.75) is 0 Å². The zero-order valence-electron chi connectivity index (χ0n) is 12.6. The van der Waals surface area contributed by atoms with Crippen molar-refractivity contribution >= 4 is 47.0 Å². The highest BCUT2D eigenvalue weighted by Crippen LogP contribution is 2.28. The smallest absolute Gasteiger partial charge is 0.299 e. The van der Waals surface area contributed by atoms with Gasteiger partial charge in [-0.3, -0.25) is 9.78 Å². The van der Waals surface area contributed by atoms with E-state index in [2.05, 4.69) is 20.3 Å². The molecular weight excluding hydrogens is 279 g/mol. The second-order valence-electron chi connectivity index (χ2n) is 5.30. The Morgan fingerprint density at radius 2 is 2.14 bits per heavy atom. The van der Waals surface area contributed by atoms with Crippen molar-refractivity contribution in [1.82, 2.24) is 9.97 Å². The zero-order chi connectivity index (χ0) is 15.9. The number of nitrogens with zero attached hydrogens (tertiary/aromatic N) is 4. The fraction of sp³-hybridized carbons (Fsp3) is 0.143. The number of aromatic amines is 1. The van der Waals surface area contributed by atoms with E-state index < -0.39 is 5.91 Å². The van der Waals surface area contributed by atoms with Gasteiger partial charge >= 0.3 is 0 Å². The number of aromatic nitrogens is 2. The van der Waals surface area contributed by atoms with Gasteiger partial charge in [0.2, 0.25) is 0 Å². The predicted molar refractivity (Wildman–Crippen MR) is 89.5 cm³/mol. The van der Waals surface area contributed by atoms with Gasteiger partial charge in [0.1, 0.15) is 0 Å². The number of rotatable bonds is 2. The van der Waals surface area contributed by atoms with Gasteiger partial charge in [-0.1, -0.05) is 10.3 Å². The van der Waals surface area contributed by atoms with Crippen LogP contribution >= 0.6 is 0 Å². The molecule has 8 heteroatoms. The molecule has 0 bridgehead atoms. The molecule has 2 aromatic heterocycles. The second kappa shape index (κ2) is 5.14. The number of pyridine rings is 1. The number of carbonyl (C=O) groups is 1. The maximum absolute atomic E-state index is 12.1. The summed E-state index contributed by atoms with van der Waals surface area (Å²) >= 11 is 0. The van der Waals surface area contributed by atoms with E-state index in [0.717, 1.165) is 27.7 Å². The molecule has 22 heavy (non-hydrogen) atoms. The van der Waals surface area contributed by atoms with Crippen LogP contribution < -0.4 is 16.3 Å². The van der Waals surface area contributed by atoms with Crippen molar-refractivity contribution in [2.24, 2.45) is 16.2 Å². The number of nitrogens with one attached hydrogen (secondary N) is 1. The molecule has 1 amide bonds. The molecule has 0 radical (unpaired) electrons. The topological polar surface area (TPSA) is 99.7 Å². The van der Waals surface area contributed by atoms with Crippen LogP contribution in [-0.4, -0.2) is 37.8 Å². The lowest BCUT2D eigenvalue weighted by atomic mass is 10.00. The van der Waals surface area contributed by atoms with Crippen LogP contribution in [0.5, 0.6) is 0 Å². The lowest BCUT2D eigenvalue weighted by Crippen LogP contribution is -2.11. The molecule has 0 unspecified atom stereocenters. The van der Waals surface area contributed by atoms with Gasteiger partial charge in [0.05, 0.1) is 22.1 Å². The molecule has 1 aromatic carbocycles. The number of amides is 1. The van der Waals surface area contributed by atoms with Crippen LogP contribution in [-0.2, 0) is 0 Å². The molecule has 3 N–H and O–H groups in total. The Morgan fingerprint density at radius 1 is 1.36 bits per heavy atom. The molecule has 0 saturated heterocycles. The number of benzene rings is 1. The van der Waals surface area contributed by atoms with Crippen LogP contribution in [0.2, 0.25) is 0 Å². The molecule has 0 atom stereocenters. The molecule has 2 heterocycles. The molecule has 0 aliphatic rings. The minimum Gasteiger partial charge on any atom is -0.378 e. The van der Waals surface area contributed by atoms with Crippen LogP contribution in [0.25, 0.3) is 21.9 Å². The first kappa shape index (κ1) is 14.1. The third-order valence-electron chi connectivity index (χ3n) is 3.56. The molecule has 0 fully saturated rings. The van der Waals surface area contributed by atoms with Gasteiger partial charge < -0.3 is 15.7 Å². The van der Waals surface area contributed by atoms with E-state index in [9.17, 15) is 4.79 Å². The quantitative estimate of drug-likeness (QED) is 0.311. The van der Waals surface area contributed by atoms with Gasteiger partial charge in [-0.2, -0.15) is 0 Å². The van der Waals surface area contributed by atoms with Crippen LogP contribution in [0, 0.1) is 0 Å². The first-order valence-electron chi connectivity index (χ1n) is 6.77. The second-order valence-corrected chi connectivity index (χ2v) is 5.30. The standard InChI is InChI=1S/C14H15BN6O/c1-21(2)7-3-4-8-10(5-7)17-13-9(14(22)19-20-16)6-11(15)18-12(8)13/h3-6,17H,15H2,1-2H3,(H2,16,19,22). The minimum absolute atomic E-state index is 0.416. The number of nitrogens with two attached hydrogens (primary N) is 1. The molecule has 0 aliphatic carbocycles. The summed E-state index contributed by atoms with van der Waals surface area (Å²) in [4.78, 5) is 21.9. The highest BCUT2D eigenvalue weighted by atomic mass is 16.1. The Labute approximate surface area is 127 Å². The van der Waals surface area contributed by atoms with Crippen LogP contribution in [0.15, 0.2) is 34.6 Å². The molecule has 7 nitrogen and oxygen atoms in total. The van der Waals surface area contributed by atoms with E-state index in [0.29, 0.717) is 11.1 Å². The normalized spacial score (nSPS) is 11.5. The Kier molecular flexibility index (Phi) is 3.28. The summed E-state index contributed by atoms with van der Waals surface area (Å²) in [6.45, 7) is 0. The minimum atomic E-state index is -0.489. The Hall–Kier alpha value is -2.90. The summed E-state index contributed by atoms with van der Waals surface area (Å²) in [7, 11) is 5.79. The van der Waals surface area contributed by atoms with Gasteiger partial charge in [-0.15, -0.1) is 0 Å². The number of hydrogen-bond acceptors (Lipinski definition) is 4. The molecule has 3 rings (SSSR count). The van der Waals surface area contributed by atoms with Crippen molar-refractivity contribution in [3.05, 3.63) is 29.8 Å². The Balaban J connectivity index is 2.34. The van der Waals surface area contributed by atoms with Gasteiger partial charge in [0, 0.05) is 25.2 Å². The van der Waals surface area contributed by atoms with Crippen LogP contribution in [0.1, 0.15) is 10.4 Å². The number of fused-ring (bicyclic) bond motifs is 3. The van der Waals surface area contributed by atoms with Gasteiger partial charge in [-0.05, 0) is 29.9 Å². The van der Waals surface area contributed by atoms with E-state index >= 15 is 0 Å². The lowest BCUT2D eigenvalue weighted by molar-refractivity contribution is 0.0995. The van der Waals surface area contributed by atoms with Gasteiger partial charge in [0.25, 0.3) is 5.91 Å². The molecule has 0 aliphatic heterocycles. The lowest BCUT2D eigenvalue weighted by Gasteiger charge is -2.11. The molecule has 0 saturated carbocycles. The summed E-state index contributed by atoms with van der Waals surface area (Å²) in [6.07, 6.45) is 0. The van der Waals surface area contributed by atoms with E-state index in [1.807, 2.05) is 45.0 Å². The summed E-state index contributed by atoms with van der Waals surface area (Å²) in [5.41, 5.74) is 4.52. The van der Waals surface area contributed by atoms with Crippen molar-refractivity contribution < 1.29 is 4.79 Å². The first-order chi connectivity index (χ1) is 10.5. The third kappa shape index (κ3) is 2.18. The number of H-pyrrole nitrogens is 1. The van der Waals surface area contributed by atoms with Crippen LogP contribution in [0.4, 0.5) is 5.69 Å². The summed E-state index contributed by atoms with van der Waals surface area (Å²) in [6, 6.07) is 7.71. The Morgan fingerprint density at radius 3 is 2.82 bits per heavy atom. The highest BCUT2D eigenvalue weighted by molar-refractivity contribution is 6.32. The third-order valence-corrected chi connectivity index (χ3v) is 3.56. The van der Waals surface area contributed by atoms with Gasteiger partial charge in [0.15, 0.2) is 7.85 Å². The number of hydrogen-bond donors (Lipinski definition) is 2. The fourth-order valence-corrected chi connectivity index (χ4v) is 2.52. The summed E-state index contributed by atoms with van der Waals surface area (Å²) in [5, 5.41) is 7.45. The van der Waals surface area contributed by atoms with Gasteiger partial charge in [-0.25, -0.2) is 0 Å². The van der Waals surface area contributed by atoms with E-state index in [-0.39, 0.29) is 0 Å². The molecule has 110 valence electrons. The summed E-state index contributed by atoms with van der Waals surface area (Å²) in [5.74, 6) is 4.49. The fourth-order valence-electron chi connectivity index (χ4n) is 2.52. The van der Waals surface area contributed by atoms with Crippen molar-refractivity contribution in [2.75, 3.05) is 19.0 Å². The number of anilines is 1. The average molecular weight is 294 g/mol. The predicted octanol–water partition coefficient (Wildman–Crippen LogP) is 0.507. The van der Waals surface area contributed by atoms with Crippen LogP contribution in [0.3, 0.4) is 0 Å². The molecule has 3 aromatic rings. The first-order valence-corrected chi connectivity index (χ1v) is 6.77.